The van der Waals surface area contributed by atoms with Crippen LogP contribution in [0.5, 0.6) is 0 Å². The summed E-state index contributed by atoms with van der Waals surface area (Å²) in [5.74, 6) is 1.51. The van der Waals surface area contributed by atoms with E-state index in [1.165, 1.54) is 0 Å². The summed E-state index contributed by atoms with van der Waals surface area (Å²) in [5.41, 5.74) is 0.951. The smallest absolute Gasteiger partial charge is 0.225 e. The van der Waals surface area contributed by atoms with Gasteiger partial charge in [-0.05, 0) is 34.0 Å². The maximum atomic E-state index is 4.39. The van der Waals surface area contributed by atoms with Gasteiger partial charge >= 0.3 is 0 Å². The first-order valence-corrected chi connectivity index (χ1v) is 6.21. The number of hydrogen-bond donors (Lipinski definition) is 2. The van der Waals surface area contributed by atoms with Crippen molar-refractivity contribution in [3.63, 3.8) is 0 Å². The molecule has 0 saturated heterocycles. The molecule has 1 heterocycles. The van der Waals surface area contributed by atoms with Crippen LogP contribution in [-0.2, 0) is 0 Å². The minimum Gasteiger partial charge on any atom is -0.370 e. The number of rotatable bonds is 8. The first-order chi connectivity index (χ1) is 8.61. The van der Waals surface area contributed by atoms with Crippen molar-refractivity contribution in [2.75, 3.05) is 44.4 Å². The van der Waals surface area contributed by atoms with Crippen LogP contribution < -0.4 is 10.6 Å². The van der Waals surface area contributed by atoms with Crippen LogP contribution in [0.15, 0.2) is 18.7 Å². The molecule has 1 aromatic rings. The fraction of sp³-hybridized carbons (Fsp3) is 0.538. The molecule has 0 amide bonds. The zero-order valence-electron chi connectivity index (χ0n) is 11.5. The normalized spacial score (nSPS) is 10.4. The lowest BCUT2D eigenvalue weighted by Crippen LogP contribution is -2.17. The van der Waals surface area contributed by atoms with Gasteiger partial charge in [-0.3, -0.25) is 0 Å². The summed E-state index contributed by atoms with van der Waals surface area (Å²) in [7, 11) is 4.15. The Kier molecular flexibility index (Phi) is 6.14. The molecule has 0 aliphatic carbocycles. The van der Waals surface area contributed by atoms with Crippen LogP contribution in [0, 0.1) is 6.92 Å². The molecule has 0 bridgehead atoms. The van der Waals surface area contributed by atoms with Crippen LogP contribution in [0.3, 0.4) is 0 Å². The Balaban J connectivity index is 2.48. The molecule has 0 spiro atoms. The average molecular weight is 249 g/mol. The van der Waals surface area contributed by atoms with Crippen molar-refractivity contribution in [3.8, 4) is 0 Å². The largest absolute Gasteiger partial charge is 0.370 e. The number of anilines is 2. The molecular formula is C13H23N5. The lowest BCUT2D eigenvalue weighted by molar-refractivity contribution is 0.405. The molecule has 18 heavy (non-hydrogen) atoms. The monoisotopic (exact) mass is 249 g/mol. The van der Waals surface area contributed by atoms with Gasteiger partial charge in [0.05, 0.1) is 0 Å². The second kappa shape index (κ2) is 7.66. The van der Waals surface area contributed by atoms with Gasteiger partial charge in [0.1, 0.15) is 5.82 Å². The zero-order valence-corrected chi connectivity index (χ0v) is 11.5. The number of aryl methyl sites for hydroxylation is 1. The van der Waals surface area contributed by atoms with Crippen molar-refractivity contribution in [1.29, 1.82) is 0 Å². The van der Waals surface area contributed by atoms with Gasteiger partial charge < -0.3 is 15.5 Å². The molecule has 5 heteroatoms. The predicted octanol–water partition coefficient (Wildman–Crippen LogP) is 1.75. The number of hydrogen-bond acceptors (Lipinski definition) is 5. The Bertz CT molecular complexity index is 376. The highest BCUT2D eigenvalue weighted by atomic mass is 15.1. The molecule has 0 radical (unpaired) electrons. The molecular weight excluding hydrogens is 226 g/mol. The van der Waals surface area contributed by atoms with E-state index in [0.717, 1.165) is 31.0 Å². The molecule has 0 atom stereocenters. The van der Waals surface area contributed by atoms with Crippen molar-refractivity contribution in [2.45, 2.75) is 13.3 Å². The second-order valence-electron chi connectivity index (χ2n) is 4.47. The summed E-state index contributed by atoms with van der Waals surface area (Å²) in [6.45, 7) is 8.27. The Labute approximate surface area is 109 Å². The molecule has 1 aromatic heterocycles. The van der Waals surface area contributed by atoms with Crippen LogP contribution in [0.25, 0.3) is 0 Å². The minimum atomic E-state index is 0.644. The Hall–Kier alpha value is -1.62. The number of nitrogens with one attached hydrogen (secondary N) is 2. The van der Waals surface area contributed by atoms with E-state index >= 15 is 0 Å². The summed E-state index contributed by atoms with van der Waals surface area (Å²) in [5, 5.41) is 6.41. The molecule has 0 fully saturated rings. The van der Waals surface area contributed by atoms with Crippen LogP contribution in [-0.4, -0.2) is 48.6 Å². The van der Waals surface area contributed by atoms with Gasteiger partial charge in [-0.2, -0.15) is 4.98 Å². The molecule has 100 valence electrons. The summed E-state index contributed by atoms with van der Waals surface area (Å²) in [4.78, 5) is 10.9. The molecule has 0 unspecified atom stereocenters. The van der Waals surface area contributed by atoms with Crippen molar-refractivity contribution < 1.29 is 0 Å². The molecule has 0 saturated carbocycles. The van der Waals surface area contributed by atoms with Gasteiger partial charge in [-0.25, -0.2) is 4.98 Å². The standard InChI is InChI=1S/C13H23N5/c1-5-7-15-13-16-11(2)10-12(17-13)14-8-6-9-18(3)4/h5,10H,1,6-9H2,2-4H3,(H2,14,15,16,17). The molecule has 2 N–H and O–H groups in total. The summed E-state index contributed by atoms with van der Waals surface area (Å²) >= 11 is 0. The van der Waals surface area contributed by atoms with E-state index < -0.39 is 0 Å². The van der Waals surface area contributed by atoms with E-state index in [1.54, 1.807) is 6.08 Å². The van der Waals surface area contributed by atoms with E-state index in [9.17, 15) is 0 Å². The van der Waals surface area contributed by atoms with Crippen LogP contribution in [0.2, 0.25) is 0 Å². The zero-order chi connectivity index (χ0) is 13.4. The van der Waals surface area contributed by atoms with E-state index in [1.807, 2.05) is 13.0 Å². The van der Waals surface area contributed by atoms with Crippen molar-refractivity contribution in [2.24, 2.45) is 0 Å². The molecule has 0 aliphatic rings. The fourth-order valence-electron chi connectivity index (χ4n) is 1.51. The molecule has 5 nitrogen and oxygen atoms in total. The summed E-state index contributed by atoms with van der Waals surface area (Å²) in [6.07, 6.45) is 2.88. The van der Waals surface area contributed by atoms with Crippen molar-refractivity contribution in [1.82, 2.24) is 14.9 Å². The minimum absolute atomic E-state index is 0.644. The topological polar surface area (TPSA) is 53.1 Å². The van der Waals surface area contributed by atoms with Gasteiger partial charge in [0, 0.05) is 24.8 Å². The quantitative estimate of drug-likeness (QED) is 0.543. The maximum Gasteiger partial charge on any atom is 0.225 e. The first-order valence-electron chi connectivity index (χ1n) is 6.21. The van der Waals surface area contributed by atoms with Crippen LogP contribution in [0.4, 0.5) is 11.8 Å². The fourth-order valence-corrected chi connectivity index (χ4v) is 1.51. The Morgan fingerprint density at radius 3 is 2.78 bits per heavy atom. The van der Waals surface area contributed by atoms with E-state index in [4.69, 9.17) is 0 Å². The highest BCUT2D eigenvalue weighted by Gasteiger charge is 2.00. The average Bonchev–Trinajstić information content (AvgIpc) is 2.31. The van der Waals surface area contributed by atoms with Gasteiger partial charge in [-0.1, -0.05) is 6.08 Å². The molecule has 1 rings (SSSR count). The summed E-state index contributed by atoms with van der Waals surface area (Å²) in [6, 6.07) is 1.95. The van der Waals surface area contributed by atoms with Gasteiger partial charge in [0.15, 0.2) is 0 Å². The van der Waals surface area contributed by atoms with Gasteiger partial charge in [-0.15, -0.1) is 6.58 Å². The predicted molar refractivity (Wildman–Crippen MR) is 77.1 cm³/mol. The van der Waals surface area contributed by atoms with Crippen LogP contribution in [0.1, 0.15) is 12.1 Å². The first kappa shape index (κ1) is 14.4. The Morgan fingerprint density at radius 2 is 2.11 bits per heavy atom. The van der Waals surface area contributed by atoms with E-state index in [2.05, 4.69) is 46.2 Å². The van der Waals surface area contributed by atoms with E-state index in [-0.39, 0.29) is 0 Å². The van der Waals surface area contributed by atoms with Crippen molar-refractivity contribution in [3.05, 3.63) is 24.4 Å². The number of aromatic nitrogens is 2. The summed E-state index contributed by atoms with van der Waals surface area (Å²) < 4.78 is 0. The third kappa shape index (κ3) is 5.63. The lowest BCUT2D eigenvalue weighted by Gasteiger charge is -2.11. The van der Waals surface area contributed by atoms with Crippen LogP contribution >= 0.6 is 0 Å². The van der Waals surface area contributed by atoms with Gasteiger partial charge in [0.25, 0.3) is 0 Å². The van der Waals surface area contributed by atoms with Gasteiger partial charge in [0.2, 0.25) is 5.95 Å². The third-order valence-electron chi connectivity index (χ3n) is 2.35. The van der Waals surface area contributed by atoms with Crippen molar-refractivity contribution >= 4 is 11.8 Å². The lowest BCUT2D eigenvalue weighted by atomic mass is 10.4. The molecule has 0 aliphatic heterocycles. The second-order valence-corrected chi connectivity index (χ2v) is 4.47. The highest BCUT2D eigenvalue weighted by Crippen LogP contribution is 2.09. The number of nitrogens with zero attached hydrogens (tertiary/aromatic N) is 3. The van der Waals surface area contributed by atoms with E-state index in [0.29, 0.717) is 12.5 Å². The molecule has 0 aromatic carbocycles. The SMILES string of the molecule is C=CCNc1nc(C)cc(NCCCN(C)C)n1. The maximum absolute atomic E-state index is 4.39. The third-order valence-corrected chi connectivity index (χ3v) is 2.35. The highest BCUT2D eigenvalue weighted by molar-refractivity contribution is 5.42. The Morgan fingerprint density at radius 1 is 1.33 bits per heavy atom.